The molecule has 0 aromatic heterocycles. The van der Waals surface area contributed by atoms with Crippen molar-refractivity contribution >= 4 is 33.2 Å². The first kappa shape index (κ1) is 16.2. The highest BCUT2D eigenvalue weighted by molar-refractivity contribution is 9.10. The van der Waals surface area contributed by atoms with Crippen molar-refractivity contribution in [2.75, 3.05) is 11.9 Å². The van der Waals surface area contributed by atoms with Gasteiger partial charge in [0.05, 0.1) is 11.1 Å². The molecule has 0 aliphatic carbocycles. The van der Waals surface area contributed by atoms with Gasteiger partial charge in [-0.05, 0) is 45.8 Å². The van der Waals surface area contributed by atoms with E-state index in [1.54, 1.807) is 18.2 Å². The number of halogens is 4. The second-order valence-electron chi connectivity index (χ2n) is 4.53. The summed E-state index contributed by atoms with van der Waals surface area (Å²) in [5, 5.41) is 3.77. The standard InChI is InChI=1S/C15H14BrClF2N2/c16-12-5-4-11(7-13(12)17)21-14(8-20)9-2-1-3-10(6-9)15(18)19/h1-7,14-15,21H,8,20H2. The van der Waals surface area contributed by atoms with Crippen molar-refractivity contribution in [3.8, 4) is 0 Å². The van der Waals surface area contributed by atoms with E-state index in [9.17, 15) is 8.78 Å². The molecule has 2 aromatic carbocycles. The smallest absolute Gasteiger partial charge is 0.263 e. The van der Waals surface area contributed by atoms with Gasteiger partial charge in [-0.2, -0.15) is 0 Å². The zero-order valence-corrected chi connectivity index (χ0v) is 13.3. The largest absolute Gasteiger partial charge is 0.377 e. The lowest BCUT2D eigenvalue weighted by Gasteiger charge is -2.19. The molecule has 2 rings (SSSR count). The van der Waals surface area contributed by atoms with Crippen LogP contribution in [-0.2, 0) is 0 Å². The van der Waals surface area contributed by atoms with Crippen LogP contribution in [0.15, 0.2) is 46.9 Å². The number of benzene rings is 2. The molecule has 1 atom stereocenters. The third kappa shape index (κ3) is 4.15. The number of anilines is 1. The monoisotopic (exact) mass is 374 g/mol. The first-order valence-electron chi connectivity index (χ1n) is 6.31. The number of rotatable bonds is 5. The summed E-state index contributed by atoms with van der Waals surface area (Å²) in [5.74, 6) is 0. The van der Waals surface area contributed by atoms with E-state index >= 15 is 0 Å². The molecular weight excluding hydrogens is 362 g/mol. The Morgan fingerprint density at radius 2 is 1.86 bits per heavy atom. The van der Waals surface area contributed by atoms with Gasteiger partial charge in [0.2, 0.25) is 0 Å². The summed E-state index contributed by atoms with van der Waals surface area (Å²) < 4.78 is 26.3. The normalized spacial score (nSPS) is 12.5. The number of hydrogen-bond acceptors (Lipinski definition) is 2. The molecule has 0 amide bonds. The molecule has 1 unspecified atom stereocenters. The maximum atomic E-state index is 12.8. The highest BCUT2D eigenvalue weighted by Crippen LogP contribution is 2.28. The van der Waals surface area contributed by atoms with Crippen molar-refractivity contribution in [1.29, 1.82) is 0 Å². The van der Waals surface area contributed by atoms with Crippen LogP contribution in [0.2, 0.25) is 5.02 Å². The molecule has 0 radical (unpaired) electrons. The fourth-order valence-electron chi connectivity index (χ4n) is 1.98. The summed E-state index contributed by atoms with van der Waals surface area (Å²) in [6, 6.07) is 11.4. The molecule has 0 bridgehead atoms. The van der Waals surface area contributed by atoms with Crippen molar-refractivity contribution in [1.82, 2.24) is 0 Å². The van der Waals surface area contributed by atoms with Gasteiger partial charge in [0.1, 0.15) is 0 Å². The summed E-state index contributed by atoms with van der Waals surface area (Å²) in [4.78, 5) is 0. The quantitative estimate of drug-likeness (QED) is 0.758. The minimum Gasteiger partial charge on any atom is -0.377 e. The van der Waals surface area contributed by atoms with E-state index in [0.29, 0.717) is 10.6 Å². The first-order valence-corrected chi connectivity index (χ1v) is 7.48. The highest BCUT2D eigenvalue weighted by atomic mass is 79.9. The molecule has 0 fully saturated rings. The summed E-state index contributed by atoms with van der Waals surface area (Å²) >= 11 is 9.35. The van der Waals surface area contributed by atoms with Gasteiger partial charge in [0, 0.05) is 22.3 Å². The molecule has 21 heavy (non-hydrogen) atoms. The predicted molar refractivity (Wildman–Crippen MR) is 86.0 cm³/mol. The zero-order chi connectivity index (χ0) is 15.4. The summed E-state index contributed by atoms with van der Waals surface area (Å²) in [6.45, 7) is 0.278. The fraction of sp³-hybridized carbons (Fsp3) is 0.200. The highest BCUT2D eigenvalue weighted by Gasteiger charge is 2.13. The minimum absolute atomic E-state index is 0.0124. The van der Waals surface area contributed by atoms with Crippen molar-refractivity contribution < 1.29 is 8.78 Å². The molecule has 0 saturated heterocycles. The van der Waals surface area contributed by atoms with Crippen LogP contribution in [0.25, 0.3) is 0 Å². The summed E-state index contributed by atoms with van der Waals surface area (Å²) in [6.07, 6.45) is -2.49. The molecule has 0 aliphatic rings. The Morgan fingerprint density at radius 3 is 2.48 bits per heavy atom. The van der Waals surface area contributed by atoms with Crippen molar-refractivity contribution in [3.63, 3.8) is 0 Å². The third-order valence-electron chi connectivity index (χ3n) is 3.06. The second kappa shape index (κ2) is 7.20. The number of hydrogen-bond donors (Lipinski definition) is 2. The molecule has 0 heterocycles. The maximum Gasteiger partial charge on any atom is 0.263 e. The maximum absolute atomic E-state index is 12.8. The molecule has 2 aromatic rings. The van der Waals surface area contributed by atoms with Gasteiger partial charge in [-0.25, -0.2) is 8.78 Å². The Balaban J connectivity index is 2.23. The van der Waals surface area contributed by atoms with E-state index in [4.69, 9.17) is 17.3 Å². The first-order chi connectivity index (χ1) is 10.0. The van der Waals surface area contributed by atoms with Crippen molar-refractivity contribution in [3.05, 3.63) is 63.1 Å². The topological polar surface area (TPSA) is 38.0 Å². The van der Waals surface area contributed by atoms with E-state index in [1.807, 2.05) is 12.1 Å². The van der Waals surface area contributed by atoms with E-state index < -0.39 is 6.43 Å². The van der Waals surface area contributed by atoms with Crippen LogP contribution >= 0.6 is 27.5 Å². The lowest BCUT2D eigenvalue weighted by Crippen LogP contribution is -2.20. The van der Waals surface area contributed by atoms with Gasteiger partial charge in [-0.15, -0.1) is 0 Å². The lowest BCUT2D eigenvalue weighted by atomic mass is 10.0. The summed E-state index contributed by atoms with van der Waals surface area (Å²) in [5.41, 5.74) is 7.24. The van der Waals surface area contributed by atoms with E-state index in [0.717, 1.165) is 10.2 Å². The number of nitrogens with two attached hydrogens (primary N) is 1. The Kier molecular flexibility index (Phi) is 5.56. The minimum atomic E-state index is -2.49. The lowest BCUT2D eigenvalue weighted by molar-refractivity contribution is 0.151. The van der Waals surface area contributed by atoms with E-state index in [-0.39, 0.29) is 18.2 Å². The fourth-order valence-corrected chi connectivity index (χ4v) is 2.40. The Labute approximate surface area is 135 Å². The molecule has 6 heteroatoms. The SMILES string of the molecule is NCC(Nc1ccc(Br)c(Cl)c1)c1cccc(C(F)F)c1. The molecule has 112 valence electrons. The van der Waals surface area contributed by atoms with Crippen LogP contribution in [0, 0.1) is 0 Å². The van der Waals surface area contributed by atoms with Gasteiger partial charge < -0.3 is 11.1 Å². The molecule has 3 N–H and O–H groups in total. The van der Waals surface area contributed by atoms with Gasteiger partial charge in [-0.1, -0.05) is 29.8 Å². The summed E-state index contributed by atoms with van der Waals surface area (Å²) in [7, 11) is 0. The van der Waals surface area contributed by atoms with E-state index in [2.05, 4.69) is 21.2 Å². The van der Waals surface area contributed by atoms with Crippen LogP contribution in [-0.4, -0.2) is 6.54 Å². The van der Waals surface area contributed by atoms with Crippen molar-refractivity contribution in [2.24, 2.45) is 5.73 Å². The van der Waals surface area contributed by atoms with Crippen LogP contribution in [0.1, 0.15) is 23.6 Å². The zero-order valence-electron chi connectivity index (χ0n) is 11.0. The van der Waals surface area contributed by atoms with Gasteiger partial charge in [0.15, 0.2) is 0 Å². The van der Waals surface area contributed by atoms with Gasteiger partial charge in [0.25, 0.3) is 6.43 Å². The van der Waals surface area contributed by atoms with Crippen LogP contribution < -0.4 is 11.1 Å². The Morgan fingerprint density at radius 1 is 1.14 bits per heavy atom. The molecule has 0 saturated carbocycles. The van der Waals surface area contributed by atoms with Crippen LogP contribution in [0.3, 0.4) is 0 Å². The Hall–Kier alpha value is -1.17. The molecule has 2 nitrogen and oxygen atoms in total. The molecule has 0 aliphatic heterocycles. The van der Waals surface area contributed by atoms with Gasteiger partial charge >= 0.3 is 0 Å². The average molecular weight is 376 g/mol. The molecular formula is C15H14BrClF2N2. The Bertz CT molecular complexity index is 622. The number of nitrogens with one attached hydrogen (secondary N) is 1. The predicted octanol–water partition coefficient (Wildman–Crippen LogP) is 5.15. The second-order valence-corrected chi connectivity index (χ2v) is 5.79. The van der Waals surface area contributed by atoms with Gasteiger partial charge in [-0.3, -0.25) is 0 Å². The van der Waals surface area contributed by atoms with E-state index in [1.165, 1.54) is 12.1 Å². The molecule has 0 spiro atoms. The third-order valence-corrected chi connectivity index (χ3v) is 4.29. The number of alkyl halides is 2. The van der Waals surface area contributed by atoms with Crippen LogP contribution in [0.5, 0.6) is 0 Å². The van der Waals surface area contributed by atoms with Crippen LogP contribution in [0.4, 0.5) is 14.5 Å². The van der Waals surface area contributed by atoms with Crippen molar-refractivity contribution in [2.45, 2.75) is 12.5 Å². The average Bonchev–Trinajstić information content (AvgIpc) is 2.48.